The number of para-hydroxylation sites is 1. The molecule has 0 aromatic heterocycles. The van der Waals surface area contributed by atoms with E-state index in [0.717, 1.165) is 22.5 Å². The third-order valence-electron chi connectivity index (χ3n) is 2.82. The van der Waals surface area contributed by atoms with Crippen LogP contribution in [0, 0.1) is 18.3 Å². The SMILES string of the molecule is Cc1ccc(NCc2ccccc2N)c(C#N)c1. The molecule has 2 aromatic carbocycles. The van der Waals surface area contributed by atoms with E-state index in [4.69, 9.17) is 11.0 Å². The molecule has 90 valence electrons. The smallest absolute Gasteiger partial charge is 0.101 e. The number of hydrogen-bond donors (Lipinski definition) is 2. The molecule has 0 spiro atoms. The highest BCUT2D eigenvalue weighted by molar-refractivity contribution is 5.59. The predicted molar refractivity (Wildman–Crippen MR) is 74.1 cm³/mol. The van der Waals surface area contributed by atoms with E-state index in [1.54, 1.807) is 0 Å². The molecular formula is C15H15N3. The lowest BCUT2D eigenvalue weighted by Gasteiger charge is -2.10. The van der Waals surface area contributed by atoms with E-state index in [1.165, 1.54) is 0 Å². The Morgan fingerprint density at radius 3 is 2.72 bits per heavy atom. The number of nitrogens with two attached hydrogens (primary N) is 1. The van der Waals surface area contributed by atoms with Crippen LogP contribution in [0.4, 0.5) is 11.4 Å². The van der Waals surface area contributed by atoms with Crippen LogP contribution in [0.5, 0.6) is 0 Å². The second-order valence-electron chi connectivity index (χ2n) is 4.21. The normalized spacial score (nSPS) is 9.78. The Hall–Kier alpha value is -2.47. The van der Waals surface area contributed by atoms with Crippen LogP contribution in [0.1, 0.15) is 16.7 Å². The Bertz CT molecular complexity index is 597. The summed E-state index contributed by atoms with van der Waals surface area (Å²) in [4.78, 5) is 0. The van der Waals surface area contributed by atoms with Crippen molar-refractivity contribution < 1.29 is 0 Å². The average molecular weight is 237 g/mol. The van der Waals surface area contributed by atoms with Crippen LogP contribution in [0.25, 0.3) is 0 Å². The molecule has 3 heteroatoms. The number of anilines is 2. The molecule has 2 aromatic rings. The van der Waals surface area contributed by atoms with Gasteiger partial charge in [0, 0.05) is 12.2 Å². The number of nitrogen functional groups attached to an aromatic ring is 1. The first-order valence-electron chi connectivity index (χ1n) is 5.78. The van der Waals surface area contributed by atoms with Gasteiger partial charge < -0.3 is 11.1 Å². The quantitative estimate of drug-likeness (QED) is 0.806. The maximum Gasteiger partial charge on any atom is 0.101 e. The van der Waals surface area contributed by atoms with Gasteiger partial charge in [0.1, 0.15) is 6.07 Å². The zero-order valence-electron chi connectivity index (χ0n) is 10.3. The van der Waals surface area contributed by atoms with Crippen molar-refractivity contribution >= 4 is 11.4 Å². The summed E-state index contributed by atoms with van der Waals surface area (Å²) in [6.45, 7) is 2.59. The van der Waals surface area contributed by atoms with E-state index in [1.807, 2.05) is 49.4 Å². The lowest BCUT2D eigenvalue weighted by atomic mass is 10.1. The van der Waals surface area contributed by atoms with Gasteiger partial charge in [0.05, 0.1) is 11.3 Å². The van der Waals surface area contributed by atoms with Crippen molar-refractivity contribution in [3.05, 3.63) is 59.2 Å². The number of nitrogens with zero attached hydrogens (tertiary/aromatic N) is 1. The van der Waals surface area contributed by atoms with Crippen molar-refractivity contribution in [1.29, 1.82) is 5.26 Å². The molecule has 3 N–H and O–H groups in total. The van der Waals surface area contributed by atoms with Crippen LogP contribution in [0.2, 0.25) is 0 Å². The highest BCUT2D eigenvalue weighted by atomic mass is 14.9. The maximum atomic E-state index is 9.08. The Labute approximate surface area is 107 Å². The Balaban J connectivity index is 2.16. The fourth-order valence-corrected chi connectivity index (χ4v) is 1.79. The van der Waals surface area contributed by atoms with Crippen molar-refractivity contribution in [2.24, 2.45) is 0 Å². The highest BCUT2D eigenvalue weighted by Gasteiger charge is 2.03. The number of aryl methyl sites for hydroxylation is 1. The molecule has 0 saturated carbocycles. The largest absolute Gasteiger partial charge is 0.398 e. The summed E-state index contributed by atoms with van der Waals surface area (Å²) in [6, 6.07) is 15.7. The lowest BCUT2D eigenvalue weighted by Crippen LogP contribution is -2.04. The number of nitrogens with one attached hydrogen (secondary N) is 1. The van der Waals surface area contributed by atoms with Crippen molar-refractivity contribution in [2.45, 2.75) is 13.5 Å². The predicted octanol–water partition coefficient (Wildman–Crippen LogP) is 3.06. The highest BCUT2D eigenvalue weighted by Crippen LogP contribution is 2.18. The van der Waals surface area contributed by atoms with Gasteiger partial charge in [0.2, 0.25) is 0 Å². The van der Waals surface area contributed by atoms with Gasteiger partial charge >= 0.3 is 0 Å². The summed E-state index contributed by atoms with van der Waals surface area (Å²) >= 11 is 0. The summed E-state index contributed by atoms with van der Waals surface area (Å²) in [5.74, 6) is 0. The summed E-state index contributed by atoms with van der Waals surface area (Å²) in [5.41, 5.74) is 10.2. The van der Waals surface area contributed by atoms with Gasteiger partial charge in [-0.25, -0.2) is 0 Å². The molecule has 0 amide bonds. The second-order valence-corrected chi connectivity index (χ2v) is 4.21. The lowest BCUT2D eigenvalue weighted by molar-refractivity contribution is 1.15. The number of benzene rings is 2. The molecule has 3 nitrogen and oxygen atoms in total. The molecule has 0 heterocycles. The third-order valence-corrected chi connectivity index (χ3v) is 2.82. The second kappa shape index (κ2) is 5.24. The molecule has 0 aliphatic heterocycles. The summed E-state index contributed by atoms with van der Waals surface area (Å²) in [5, 5.41) is 12.3. The fraction of sp³-hybridized carbons (Fsp3) is 0.133. The molecule has 0 radical (unpaired) electrons. The number of nitriles is 1. The topological polar surface area (TPSA) is 61.8 Å². The first kappa shape index (κ1) is 12.0. The van der Waals surface area contributed by atoms with Crippen LogP contribution in [0.3, 0.4) is 0 Å². The van der Waals surface area contributed by atoms with Gasteiger partial charge in [-0.3, -0.25) is 0 Å². The third kappa shape index (κ3) is 2.61. The first-order chi connectivity index (χ1) is 8.70. The van der Waals surface area contributed by atoms with Crippen LogP contribution < -0.4 is 11.1 Å². The van der Waals surface area contributed by atoms with E-state index >= 15 is 0 Å². The average Bonchev–Trinajstić information content (AvgIpc) is 2.39. The minimum absolute atomic E-state index is 0.615. The molecule has 0 saturated heterocycles. The summed E-state index contributed by atoms with van der Waals surface area (Å²) in [7, 11) is 0. The van der Waals surface area contributed by atoms with Crippen LogP contribution in [-0.4, -0.2) is 0 Å². The summed E-state index contributed by atoms with van der Waals surface area (Å²) < 4.78 is 0. The van der Waals surface area contributed by atoms with Gasteiger partial charge in [0.25, 0.3) is 0 Å². The van der Waals surface area contributed by atoms with Crippen molar-refractivity contribution in [3.63, 3.8) is 0 Å². The first-order valence-corrected chi connectivity index (χ1v) is 5.78. The van der Waals surface area contributed by atoms with Crippen molar-refractivity contribution in [2.75, 3.05) is 11.1 Å². The zero-order chi connectivity index (χ0) is 13.0. The Morgan fingerprint density at radius 2 is 2.00 bits per heavy atom. The molecule has 18 heavy (non-hydrogen) atoms. The van der Waals surface area contributed by atoms with Gasteiger partial charge in [-0.05, 0) is 36.2 Å². The van der Waals surface area contributed by atoms with Gasteiger partial charge in [-0.15, -0.1) is 0 Å². The van der Waals surface area contributed by atoms with Crippen LogP contribution in [-0.2, 0) is 6.54 Å². The molecule has 0 unspecified atom stereocenters. The fourth-order valence-electron chi connectivity index (χ4n) is 1.79. The van der Waals surface area contributed by atoms with E-state index in [2.05, 4.69) is 11.4 Å². The van der Waals surface area contributed by atoms with E-state index < -0.39 is 0 Å². The molecule has 0 bridgehead atoms. The van der Waals surface area contributed by atoms with Gasteiger partial charge in [-0.2, -0.15) is 5.26 Å². The number of hydrogen-bond acceptors (Lipinski definition) is 3. The van der Waals surface area contributed by atoms with Crippen LogP contribution in [0.15, 0.2) is 42.5 Å². The Morgan fingerprint density at radius 1 is 1.22 bits per heavy atom. The minimum Gasteiger partial charge on any atom is -0.398 e. The molecular weight excluding hydrogens is 222 g/mol. The molecule has 0 aliphatic carbocycles. The van der Waals surface area contributed by atoms with Gasteiger partial charge in [0.15, 0.2) is 0 Å². The minimum atomic E-state index is 0.615. The molecule has 0 aliphatic rings. The standard InChI is InChI=1S/C15H15N3/c1-11-6-7-15(13(8-11)9-16)18-10-12-4-2-3-5-14(12)17/h2-8,18H,10,17H2,1H3. The maximum absolute atomic E-state index is 9.08. The number of rotatable bonds is 3. The van der Waals surface area contributed by atoms with Crippen LogP contribution >= 0.6 is 0 Å². The van der Waals surface area contributed by atoms with Gasteiger partial charge in [-0.1, -0.05) is 24.3 Å². The molecule has 0 fully saturated rings. The van der Waals surface area contributed by atoms with Crippen molar-refractivity contribution in [1.82, 2.24) is 0 Å². The molecule has 0 atom stereocenters. The zero-order valence-corrected chi connectivity index (χ0v) is 10.3. The van der Waals surface area contributed by atoms with Crippen molar-refractivity contribution in [3.8, 4) is 6.07 Å². The van der Waals surface area contributed by atoms with E-state index in [0.29, 0.717) is 12.1 Å². The van der Waals surface area contributed by atoms with E-state index in [-0.39, 0.29) is 0 Å². The summed E-state index contributed by atoms with van der Waals surface area (Å²) in [6.07, 6.45) is 0. The van der Waals surface area contributed by atoms with E-state index in [9.17, 15) is 0 Å². The monoisotopic (exact) mass is 237 g/mol. The molecule has 2 rings (SSSR count). The Kier molecular flexibility index (Phi) is 3.49.